The summed E-state index contributed by atoms with van der Waals surface area (Å²) in [5.41, 5.74) is 5.44. The van der Waals surface area contributed by atoms with Gasteiger partial charge in [-0.15, -0.1) is 0 Å². The van der Waals surface area contributed by atoms with Crippen molar-refractivity contribution in [2.24, 2.45) is 0 Å². The quantitative estimate of drug-likeness (QED) is 0.498. The van der Waals surface area contributed by atoms with Gasteiger partial charge < -0.3 is 10.2 Å². The molecule has 0 amide bonds. The lowest BCUT2D eigenvalue weighted by Crippen LogP contribution is -2.23. The Hall–Kier alpha value is -2.23. The summed E-state index contributed by atoms with van der Waals surface area (Å²) in [6.07, 6.45) is 2.36. The Bertz CT molecular complexity index is 861. The Labute approximate surface area is 166 Å². The first-order valence-corrected chi connectivity index (χ1v) is 10.5. The second-order valence-corrected chi connectivity index (χ2v) is 8.08. The largest absolute Gasteiger partial charge is 0.340 e. The predicted octanol–water partition coefficient (Wildman–Crippen LogP) is 6.17. The second kappa shape index (κ2) is 8.64. The molecule has 138 valence electrons. The van der Waals surface area contributed by atoms with Crippen molar-refractivity contribution in [2.75, 3.05) is 18.0 Å². The average Bonchev–Trinajstić information content (AvgIpc) is 2.71. The molecule has 1 heterocycles. The number of hydrogen-bond acceptors (Lipinski definition) is 3. The molecule has 0 aliphatic carbocycles. The highest BCUT2D eigenvalue weighted by Crippen LogP contribution is 2.47. The van der Waals surface area contributed by atoms with Crippen LogP contribution in [-0.2, 0) is 6.54 Å². The van der Waals surface area contributed by atoms with Crippen LogP contribution in [0.15, 0.2) is 82.6 Å². The Balaban J connectivity index is 1.33. The van der Waals surface area contributed by atoms with Crippen molar-refractivity contribution in [3.63, 3.8) is 0 Å². The van der Waals surface area contributed by atoms with E-state index in [0.29, 0.717) is 0 Å². The molecule has 0 bridgehead atoms. The number of anilines is 2. The lowest BCUT2D eigenvalue weighted by atomic mass is 10.1. The van der Waals surface area contributed by atoms with Gasteiger partial charge in [-0.05, 0) is 61.7 Å². The summed E-state index contributed by atoms with van der Waals surface area (Å²) < 4.78 is 0. The second-order valence-electron chi connectivity index (χ2n) is 7.00. The molecule has 1 aliphatic heterocycles. The van der Waals surface area contributed by atoms with Gasteiger partial charge in [0.1, 0.15) is 0 Å². The first-order chi connectivity index (χ1) is 13.3. The zero-order valence-electron chi connectivity index (χ0n) is 15.8. The summed E-state index contributed by atoms with van der Waals surface area (Å²) in [6.45, 7) is 5.25. The highest BCUT2D eigenvalue weighted by Gasteiger charge is 2.21. The molecular formula is C24H26N2S. The summed E-state index contributed by atoms with van der Waals surface area (Å²) >= 11 is 1.88. The number of benzene rings is 3. The van der Waals surface area contributed by atoms with Crippen LogP contribution in [-0.4, -0.2) is 13.1 Å². The summed E-state index contributed by atoms with van der Waals surface area (Å²) in [4.78, 5) is 5.20. The molecule has 3 aromatic rings. The number of para-hydroxylation sites is 2. The maximum atomic E-state index is 3.60. The average molecular weight is 375 g/mol. The van der Waals surface area contributed by atoms with Crippen LogP contribution < -0.4 is 10.2 Å². The molecule has 1 N–H and O–H groups in total. The molecule has 0 saturated carbocycles. The van der Waals surface area contributed by atoms with Crippen LogP contribution in [0.5, 0.6) is 0 Å². The fourth-order valence-corrected chi connectivity index (χ4v) is 4.67. The van der Waals surface area contributed by atoms with Crippen LogP contribution in [0.2, 0.25) is 0 Å². The van der Waals surface area contributed by atoms with Crippen molar-refractivity contribution in [3.05, 3.63) is 83.9 Å². The van der Waals surface area contributed by atoms with Crippen LogP contribution in [0.4, 0.5) is 11.4 Å². The molecular weight excluding hydrogens is 348 g/mol. The van der Waals surface area contributed by atoms with E-state index in [2.05, 4.69) is 89.9 Å². The number of aryl methyl sites for hydroxylation is 1. The van der Waals surface area contributed by atoms with Gasteiger partial charge in [0.2, 0.25) is 0 Å². The van der Waals surface area contributed by atoms with E-state index in [1.54, 1.807) is 0 Å². The van der Waals surface area contributed by atoms with Crippen LogP contribution in [0.3, 0.4) is 0 Å². The van der Waals surface area contributed by atoms with Crippen molar-refractivity contribution in [3.8, 4) is 0 Å². The molecule has 3 aromatic carbocycles. The molecule has 0 unspecified atom stereocenters. The number of nitrogens with one attached hydrogen (secondary N) is 1. The topological polar surface area (TPSA) is 15.3 Å². The van der Waals surface area contributed by atoms with Gasteiger partial charge in [-0.2, -0.15) is 0 Å². The van der Waals surface area contributed by atoms with Gasteiger partial charge in [0, 0.05) is 22.9 Å². The van der Waals surface area contributed by atoms with Crippen LogP contribution in [0.25, 0.3) is 0 Å². The highest BCUT2D eigenvalue weighted by atomic mass is 32.2. The van der Waals surface area contributed by atoms with E-state index in [0.717, 1.165) is 19.6 Å². The van der Waals surface area contributed by atoms with E-state index in [9.17, 15) is 0 Å². The third-order valence-corrected chi connectivity index (χ3v) is 6.22. The van der Waals surface area contributed by atoms with E-state index in [1.165, 1.54) is 45.1 Å². The SMILES string of the molecule is Cc1ccccc1CNCCCCN1c2ccccc2Sc2ccccc21. The minimum absolute atomic E-state index is 0.957. The van der Waals surface area contributed by atoms with Crippen LogP contribution in [0.1, 0.15) is 24.0 Å². The summed E-state index contributed by atoms with van der Waals surface area (Å²) in [6, 6.07) is 26.1. The minimum Gasteiger partial charge on any atom is -0.340 e. The van der Waals surface area contributed by atoms with Crippen molar-refractivity contribution in [2.45, 2.75) is 36.1 Å². The van der Waals surface area contributed by atoms with E-state index < -0.39 is 0 Å². The molecule has 0 aromatic heterocycles. The normalized spacial score (nSPS) is 12.6. The Morgan fingerprint density at radius 3 is 2.11 bits per heavy atom. The Kier molecular flexibility index (Phi) is 5.81. The number of nitrogens with zero attached hydrogens (tertiary/aromatic N) is 1. The van der Waals surface area contributed by atoms with Gasteiger partial charge >= 0.3 is 0 Å². The van der Waals surface area contributed by atoms with Gasteiger partial charge in [-0.1, -0.05) is 60.3 Å². The van der Waals surface area contributed by atoms with Crippen molar-refractivity contribution >= 4 is 23.1 Å². The lowest BCUT2D eigenvalue weighted by Gasteiger charge is -2.32. The standard InChI is InChI=1S/C24H26N2S/c1-19-10-2-3-11-20(19)18-25-16-8-9-17-26-21-12-4-6-14-23(21)27-24-15-7-5-13-22(24)26/h2-7,10-15,25H,8-9,16-18H2,1H3. The van der Waals surface area contributed by atoms with Crippen LogP contribution >= 0.6 is 11.8 Å². The first-order valence-electron chi connectivity index (χ1n) is 9.71. The zero-order valence-corrected chi connectivity index (χ0v) is 16.6. The van der Waals surface area contributed by atoms with Crippen LogP contribution in [0, 0.1) is 6.92 Å². The molecule has 3 heteroatoms. The first kappa shape index (κ1) is 18.1. The molecule has 0 radical (unpaired) electrons. The molecule has 0 spiro atoms. The van der Waals surface area contributed by atoms with E-state index >= 15 is 0 Å². The predicted molar refractivity (Wildman–Crippen MR) is 116 cm³/mol. The van der Waals surface area contributed by atoms with Gasteiger partial charge in [0.25, 0.3) is 0 Å². The van der Waals surface area contributed by atoms with Gasteiger partial charge in [0.15, 0.2) is 0 Å². The minimum atomic E-state index is 0.957. The molecule has 0 fully saturated rings. The smallest absolute Gasteiger partial charge is 0.0552 e. The number of fused-ring (bicyclic) bond motifs is 2. The molecule has 4 rings (SSSR count). The molecule has 1 aliphatic rings. The van der Waals surface area contributed by atoms with Crippen molar-refractivity contribution in [1.29, 1.82) is 0 Å². The van der Waals surface area contributed by atoms with E-state index in [4.69, 9.17) is 0 Å². The monoisotopic (exact) mass is 374 g/mol. The fourth-order valence-electron chi connectivity index (χ4n) is 3.57. The lowest BCUT2D eigenvalue weighted by molar-refractivity contribution is 0.622. The van der Waals surface area contributed by atoms with Crippen molar-refractivity contribution in [1.82, 2.24) is 5.32 Å². The summed E-state index contributed by atoms with van der Waals surface area (Å²) in [5, 5.41) is 3.60. The third-order valence-electron chi connectivity index (χ3n) is 5.09. The summed E-state index contributed by atoms with van der Waals surface area (Å²) in [5.74, 6) is 0. The Morgan fingerprint density at radius 2 is 1.41 bits per heavy atom. The zero-order chi connectivity index (χ0) is 18.5. The maximum Gasteiger partial charge on any atom is 0.0552 e. The maximum absolute atomic E-state index is 3.60. The fraction of sp³-hybridized carbons (Fsp3) is 0.250. The third kappa shape index (κ3) is 4.20. The molecule has 0 saturated heterocycles. The highest BCUT2D eigenvalue weighted by molar-refractivity contribution is 7.99. The molecule has 2 nitrogen and oxygen atoms in total. The van der Waals surface area contributed by atoms with Gasteiger partial charge in [-0.3, -0.25) is 0 Å². The number of rotatable bonds is 7. The van der Waals surface area contributed by atoms with Crippen molar-refractivity contribution < 1.29 is 0 Å². The van der Waals surface area contributed by atoms with E-state index in [-0.39, 0.29) is 0 Å². The van der Waals surface area contributed by atoms with E-state index in [1.807, 2.05) is 11.8 Å². The molecule has 0 atom stereocenters. The number of unbranched alkanes of at least 4 members (excludes halogenated alkanes) is 1. The number of hydrogen-bond donors (Lipinski definition) is 1. The molecule has 27 heavy (non-hydrogen) atoms. The Morgan fingerprint density at radius 1 is 0.778 bits per heavy atom. The van der Waals surface area contributed by atoms with Gasteiger partial charge in [-0.25, -0.2) is 0 Å². The summed E-state index contributed by atoms with van der Waals surface area (Å²) in [7, 11) is 0. The van der Waals surface area contributed by atoms with Gasteiger partial charge in [0.05, 0.1) is 11.4 Å².